The third-order valence-electron chi connectivity index (χ3n) is 4.74. The molecule has 10 nitrogen and oxygen atoms in total. The van der Waals surface area contributed by atoms with Crippen LogP contribution in [0.2, 0.25) is 0 Å². The van der Waals surface area contributed by atoms with Crippen molar-refractivity contribution in [1.29, 1.82) is 0 Å². The van der Waals surface area contributed by atoms with Crippen LogP contribution in [0.15, 0.2) is 40.5 Å². The number of allylic oxidation sites excluding steroid dienone is 1. The van der Waals surface area contributed by atoms with Crippen LogP contribution in [0.1, 0.15) is 46.1 Å². The summed E-state index contributed by atoms with van der Waals surface area (Å²) in [5, 5.41) is 11.7. The number of nitro groups is 1. The lowest BCUT2D eigenvalue weighted by Crippen LogP contribution is -2.37. The molecule has 0 aromatic heterocycles. The van der Waals surface area contributed by atoms with Crippen LogP contribution in [0.5, 0.6) is 0 Å². The van der Waals surface area contributed by atoms with Gasteiger partial charge in [0.2, 0.25) is 0 Å². The van der Waals surface area contributed by atoms with Gasteiger partial charge in [0.05, 0.1) is 16.6 Å². The molecule has 1 aliphatic rings. The van der Waals surface area contributed by atoms with Crippen molar-refractivity contribution in [3.05, 3.63) is 51.2 Å². The summed E-state index contributed by atoms with van der Waals surface area (Å²) in [6.07, 6.45) is -0.437. The third kappa shape index (κ3) is 5.77. The molecule has 2 unspecified atom stereocenters. The van der Waals surface area contributed by atoms with Crippen LogP contribution in [-0.4, -0.2) is 47.9 Å². The second kappa shape index (κ2) is 10.7. The summed E-state index contributed by atoms with van der Waals surface area (Å²) in [6, 6.07) is 5.89. The Balaban J connectivity index is 2.56. The molecule has 1 heterocycles. The van der Waals surface area contributed by atoms with E-state index in [4.69, 9.17) is 14.2 Å². The third-order valence-corrected chi connectivity index (χ3v) is 4.74. The molecule has 0 saturated heterocycles. The Morgan fingerprint density at radius 1 is 1.12 bits per heavy atom. The molecule has 1 aromatic rings. The first-order valence-electron chi connectivity index (χ1n) is 10.0. The summed E-state index contributed by atoms with van der Waals surface area (Å²) in [6.45, 7) is 7.39. The SMILES string of the molecule is CC(=O)OCCOC(=O)C1=C(C)N=C(C)C(C(=O)OC(C)C)C1c1ccccc1[N+](=O)[O-]. The number of nitro benzene ring substituents is 1. The minimum atomic E-state index is -1.06. The Kier molecular flexibility index (Phi) is 8.22. The molecule has 172 valence electrons. The summed E-state index contributed by atoms with van der Waals surface area (Å²) in [5.74, 6) is -4.08. The lowest BCUT2D eigenvalue weighted by molar-refractivity contribution is -0.385. The maximum absolute atomic E-state index is 13.0. The molecule has 0 spiro atoms. The predicted octanol–water partition coefficient (Wildman–Crippen LogP) is 3.10. The maximum Gasteiger partial charge on any atom is 0.336 e. The van der Waals surface area contributed by atoms with Crippen molar-refractivity contribution in [3.8, 4) is 0 Å². The largest absolute Gasteiger partial charge is 0.462 e. The number of rotatable bonds is 8. The number of hydrogen-bond acceptors (Lipinski definition) is 9. The highest BCUT2D eigenvalue weighted by Crippen LogP contribution is 2.43. The van der Waals surface area contributed by atoms with Crippen LogP contribution in [-0.2, 0) is 28.6 Å². The van der Waals surface area contributed by atoms with Gasteiger partial charge in [0.15, 0.2) is 0 Å². The fraction of sp³-hybridized carbons (Fsp3) is 0.455. The molecular formula is C22H26N2O8. The highest BCUT2D eigenvalue weighted by atomic mass is 16.6. The minimum absolute atomic E-state index is 0.0124. The number of carbonyl (C=O) groups excluding carboxylic acids is 3. The molecule has 10 heteroatoms. The van der Waals surface area contributed by atoms with Gasteiger partial charge in [0.1, 0.15) is 19.1 Å². The average molecular weight is 446 g/mol. The summed E-state index contributed by atoms with van der Waals surface area (Å²) in [5.41, 5.74) is 0.583. The average Bonchev–Trinajstić information content (AvgIpc) is 2.69. The summed E-state index contributed by atoms with van der Waals surface area (Å²) < 4.78 is 15.4. The van der Waals surface area contributed by atoms with Crippen molar-refractivity contribution in [2.75, 3.05) is 13.2 Å². The molecule has 1 aliphatic heterocycles. The van der Waals surface area contributed by atoms with Crippen LogP contribution >= 0.6 is 0 Å². The Morgan fingerprint density at radius 3 is 2.34 bits per heavy atom. The molecule has 0 saturated carbocycles. The van der Waals surface area contributed by atoms with Gasteiger partial charge in [0, 0.05) is 35.9 Å². The van der Waals surface area contributed by atoms with Crippen molar-refractivity contribution in [3.63, 3.8) is 0 Å². The van der Waals surface area contributed by atoms with Gasteiger partial charge < -0.3 is 14.2 Å². The van der Waals surface area contributed by atoms with Crippen LogP contribution in [0.25, 0.3) is 0 Å². The van der Waals surface area contributed by atoms with Crippen molar-refractivity contribution in [1.82, 2.24) is 0 Å². The molecule has 1 aromatic carbocycles. The highest BCUT2D eigenvalue weighted by Gasteiger charge is 2.45. The molecular weight excluding hydrogens is 420 g/mol. The van der Waals surface area contributed by atoms with Crippen molar-refractivity contribution < 1.29 is 33.5 Å². The van der Waals surface area contributed by atoms with E-state index in [1.165, 1.54) is 25.1 Å². The first-order chi connectivity index (χ1) is 15.0. The zero-order chi connectivity index (χ0) is 24.0. The fourth-order valence-corrected chi connectivity index (χ4v) is 3.56. The molecule has 2 atom stereocenters. The van der Waals surface area contributed by atoms with Crippen molar-refractivity contribution in [2.45, 2.75) is 46.6 Å². The van der Waals surface area contributed by atoms with Crippen LogP contribution in [0.4, 0.5) is 5.69 Å². The Labute approximate surface area is 185 Å². The summed E-state index contributed by atoms with van der Waals surface area (Å²) >= 11 is 0. The van der Waals surface area contributed by atoms with E-state index < -0.39 is 40.8 Å². The van der Waals surface area contributed by atoms with E-state index in [1.54, 1.807) is 33.8 Å². The summed E-state index contributed by atoms with van der Waals surface area (Å²) in [4.78, 5) is 52.4. The number of carbonyl (C=O) groups is 3. The summed E-state index contributed by atoms with van der Waals surface area (Å²) in [7, 11) is 0. The molecule has 0 bridgehead atoms. The zero-order valence-electron chi connectivity index (χ0n) is 18.6. The van der Waals surface area contributed by atoms with Gasteiger partial charge >= 0.3 is 17.9 Å². The van der Waals surface area contributed by atoms with Gasteiger partial charge in [-0.25, -0.2) is 4.79 Å². The van der Waals surface area contributed by atoms with Crippen LogP contribution in [0, 0.1) is 16.0 Å². The topological polar surface area (TPSA) is 134 Å². The van der Waals surface area contributed by atoms with Crippen molar-refractivity contribution >= 4 is 29.3 Å². The molecule has 0 fully saturated rings. The van der Waals surface area contributed by atoms with E-state index in [1.807, 2.05) is 0 Å². The number of hydrogen-bond donors (Lipinski definition) is 0. The monoisotopic (exact) mass is 446 g/mol. The highest BCUT2D eigenvalue weighted by molar-refractivity contribution is 6.07. The Bertz CT molecular complexity index is 980. The predicted molar refractivity (Wildman–Crippen MR) is 114 cm³/mol. The van der Waals surface area contributed by atoms with Gasteiger partial charge in [-0.3, -0.25) is 24.7 Å². The quantitative estimate of drug-likeness (QED) is 0.195. The standard InChI is InChI=1S/C22H26N2O8/c1-12(2)32-22(27)19-14(4)23-13(3)18(21(26)31-11-10-30-15(5)25)20(19)16-8-6-7-9-17(16)24(28)29/h6-9,12,19-20H,10-11H2,1-5H3. The number of aliphatic imine (C=N–C) groups is 1. The van der Waals surface area contributed by atoms with E-state index in [9.17, 15) is 24.5 Å². The Hall–Kier alpha value is -3.56. The number of ether oxygens (including phenoxy) is 3. The second-order valence-corrected chi connectivity index (χ2v) is 7.49. The van der Waals surface area contributed by atoms with Gasteiger partial charge in [-0.15, -0.1) is 0 Å². The van der Waals surface area contributed by atoms with Gasteiger partial charge in [-0.05, 0) is 27.7 Å². The second-order valence-electron chi connectivity index (χ2n) is 7.49. The first-order valence-corrected chi connectivity index (χ1v) is 10.0. The molecule has 2 rings (SSSR count). The minimum Gasteiger partial charge on any atom is -0.462 e. The van der Waals surface area contributed by atoms with Gasteiger partial charge in [-0.1, -0.05) is 18.2 Å². The first kappa shape index (κ1) is 24.7. The lowest BCUT2D eigenvalue weighted by atomic mass is 9.75. The van der Waals surface area contributed by atoms with E-state index >= 15 is 0 Å². The number of esters is 3. The van der Waals surface area contributed by atoms with E-state index in [0.717, 1.165) is 0 Å². The zero-order valence-corrected chi connectivity index (χ0v) is 18.6. The Morgan fingerprint density at radius 2 is 1.75 bits per heavy atom. The van der Waals surface area contributed by atoms with E-state index in [0.29, 0.717) is 5.71 Å². The molecule has 0 N–H and O–H groups in total. The van der Waals surface area contributed by atoms with E-state index in [-0.39, 0.29) is 35.7 Å². The smallest absolute Gasteiger partial charge is 0.336 e. The van der Waals surface area contributed by atoms with Crippen LogP contribution < -0.4 is 0 Å². The number of para-hydroxylation sites is 1. The van der Waals surface area contributed by atoms with Crippen molar-refractivity contribution in [2.24, 2.45) is 10.9 Å². The molecule has 0 amide bonds. The van der Waals surface area contributed by atoms with Gasteiger partial charge in [0.25, 0.3) is 5.69 Å². The maximum atomic E-state index is 13.0. The van der Waals surface area contributed by atoms with Crippen LogP contribution in [0.3, 0.4) is 0 Å². The molecule has 0 radical (unpaired) electrons. The number of nitrogens with zero attached hydrogens (tertiary/aromatic N) is 2. The molecule has 32 heavy (non-hydrogen) atoms. The fourth-order valence-electron chi connectivity index (χ4n) is 3.56. The normalized spacial score (nSPS) is 18.1. The van der Waals surface area contributed by atoms with Gasteiger partial charge in [-0.2, -0.15) is 0 Å². The lowest BCUT2D eigenvalue weighted by Gasteiger charge is -2.31. The van der Waals surface area contributed by atoms with E-state index in [2.05, 4.69) is 4.99 Å². The molecule has 0 aliphatic carbocycles. The number of benzene rings is 1.